The molecule has 0 aliphatic carbocycles. The van der Waals surface area contributed by atoms with Gasteiger partial charge in [0.05, 0.1) is 17.7 Å². The van der Waals surface area contributed by atoms with E-state index in [2.05, 4.69) is 5.32 Å². The van der Waals surface area contributed by atoms with Crippen LogP contribution in [-0.2, 0) is 32.6 Å². The van der Waals surface area contributed by atoms with Crippen molar-refractivity contribution in [3.05, 3.63) is 126 Å². The predicted molar refractivity (Wildman–Crippen MR) is 173 cm³/mol. The van der Waals surface area contributed by atoms with Gasteiger partial charge in [-0.05, 0) is 41.8 Å². The third kappa shape index (κ3) is 8.69. The standard InChI is InChI=1S/C35H38FN3O5S/c1-26(2)23-37-35(41)33(21-27-13-6-4-7-14-27)38(24-28-15-10-11-20-32(28)36)34(40)25-39(29-16-12-17-30(22-29)44-3)45(42,43)31-18-8-5-9-19-31/h4-20,22,26,33H,21,23-25H2,1-3H3,(H,37,41). The number of hydrogen-bond acceptors (Lipinski definition) is 5. The molecule has 1 N–H and O–H groups in total. The molecule has 0 heterocycles. The molecule has 1 atom stereocenters. The highest BCUT2D eigenvalue weighted by Crippen LogP contribution is 2.28. The monoisotopic (exact) mass is 631 g/mol. The van der Waals surface area contributed by atoms with E-state index in [0.29, 0.717) is 12.3 Å². The van der Waals surface area contributed by atoms with Gasteiger partial charge < -0.3 is 15.0 Å². The Morgan fingerprint density at radius 2 is 1.51 bits per heavy atom. The molecular weight excluding hydrogens is 593 g/mol. The van der Waals surface area contributed by atoms with Gasteiger partial charge in [-0.25, -0.2) is 12.8 Å². The van der Waals surface area contributed by atoms with Crippen LogP contribution >= 0.6 is 0 Å². The van der Waals surface area contributed by atoms with Crippen molar-refractivity contribution in [2.75, 3.05) is 24.5 Å². The number of anilines is 1. The van der Waals surface area contributed by atoms with Crippen LogP contribution in [0, 0.1) is 11.7 Å². The number of nitrogens with one attached hydrogen (secondary N) is 1. The maximum atomic E-state index is 15.0. The molecule has 0 saturated carbocycles. The first-order valence-corrected chi connectivity index (χ1v) is 16.1. The summed E-state index contributed by atoms with van der Waals surface area (Å²) in [4.78, 5) is 29.5. The molecule has 0 spiro atoms. The molecule has 0 aromatic heterocycles. The molecule has 0 saturated heterocycles. The normalized spacial score (nSPS) is 11.9. The maximum absolute atomic E-state index is 15.0. The van der Waals surface area contributed by atoms with Crippen molar-refractivity contribution in [1.29, 1.82) is 0 Å². The zero-order chi connectivity index (χ0) is 32.4. The maximum Gasteiger partial charge on any atom is 0.264 e. The first-order valence-electron chi connectivity index (χ1n) is 14.7. The molecule has 0 aliphatic rings. The van der Waals surface area contributed by atoms with Gasteiger partial charge in [0.2, 0.25) is 11.8 Å². The molecule has 8 nitrogen and oxygen atoms in total. The molecule has 1 unspecified atom stereocenters. The molecule has 236 valence electrons. The molecule has 0 bridgehead atoms. The van der Waals surface area contributed by atoms with Crippen LogP contribution in [0.4, 0.5) is 10.1 Å². The van der Waals surface area contributed by atoms with Crippen molar-refractivity contribution in [2.45, 2.75) is 37.8 Å². The highest BCUT2D eigenvalue weighted by Gasteiger charge is 2.35. The Morgan fingerprint density at radius 1 is 0.867 bits per heavy atom. The molecule has 4 rings (SSSR count). The number of carbonyl (C=O) groups is 2. The quantitative estimate of drug-likeness (QED) is 0.200. The summed E-state index contributed by atoms with van der Waals surface area (Å²) in [6.07, 6.45) is 0.134. The van der Waals surface area contributed by atoms with E-state index in [0.717, 1.165) is 9.87 Å². The average molecular weight is 632 g/mol. The van der Waals surface area contributed by atoms with E-state index >= 15 is 4.39 Å². The van der Waals surface area contributed by atoms with E-state index < -0.39 is 40.2 Å². The zero-order valence-electron chi connectivity index (χ0n) is 25.6. The lowest BCUT2D eigenvalue weighted by molar-refractivity contribution is -0.140. The number of nitrogens with zero attached hydrogens (tertiary/aromatic N) is 2. The Balaban J connectivity index is 1.81. The molecule has 0 fully saturated rings. The molecule has 2 amide bonds. The van der Waals surface area contributed by atoms with Crippen LogP contribution in [-0.4, -0.2) is 51.4 Å². The molecule has 0 aliphatic heterocycles. The van der Waals surface area contributed by atoms with Gasteiger partial charge in [0.15, 0.2) is 0 Å². The number of hydrogen-bond donors (Lipinski definition) is 1. The van der Waals surface area contributed by atoms with E-state index in [1.807, 2.05) is 44.2 Å². The van der Waals surface area contributed by atoms with Crippen LogP contribution in [0.5, 0.6) is 5.75 Å². The van der Waals surface area contributed by atoms with E-state index in [1.54, 1.807) is 54.6 Å². The third-order valence-electron chi connectivity index (χ3n) is 7.21. The minimum Gasteiger partial charge on any atom is -0.497 e. The van der Waals surface area contributed by atoms with Crippen LogP contribution in [0.3, 0.4) is 0 Å². The van der Waals surface area contributed by atoms with Gasteiger partial charge in [-0.15, -0.1) is 0 Å². The SMILES string of the molecule is COc1cccc(N(CC(=O)N(Cc2ccccc2F)C(Cc2ccccc2)C(=O)NCC(C)C)S(=O)(=O)c2ccccc2)c1. The van der Waals surface area contributed by atoms with Crippen molar-refractivity contribution in [3.63, 3.8) is 0 Å². The Labute approximate surface area is 264 Å². The highest BCUT2D eigenvalue weighted by atomic mass is 32.2. The highest BCUT2D eigenvalue weighted by molar-refractivity contribution is 7.92. The minimum absolute atomic E-state index is 0.0169. The van der Waals surface area contributed by atoms with Gasteiger partial charge in [-0.1, -0.05) is 86.6 Å². The van der Waals surface area contributed by atoms with E-state index in [9.17, 15) is 18.0 Å². The largest absolute Gasteiger partial charge is 0.497 e. The Morgan fingerprint density at radius 3 is 2.16 bits per heavy atom. The lowest BCUT2D eigenvalue weighted by atomic mass is 10.0. The Bertz CT molecular complexity index is 1680. The number of amides is 2. The number of rotatable bonds is 14. The second-order valence-electron chi connectivity index (χ2n) is 11.0. The number of carbonyl (C=O) groups excluding carboxylic acids is 2. The fraction of sp³-hybridized carbons (Fsp3) is 0.257. The van der Waals surface area contributed by atoms with Crippen molar-refractivity contribution in [2.24, 2.45) is 5.92 Å². The van der Waals surface area contributed by atoms with Gasteiger partial charge in [0.25, 0.3) is 10.0 Å². The van der Waals surface area contributed by atoms with Gasteiger partial charge in [-0.3, -0.25) is 13.9 Å². The zero-order valence-corrected chi connectivity index (χ0v) is 26.4. The first-order chi connectivity index (χ1) is 21.6. The topological polar surface area (TPSA) is 96.0 Å². The summed E-state index contributed by atoms with van der Waals surface area (Å²) in [5, 5.41) is 2.92. The number of methoxy groups -OCH3 is 1. The molecule has 4 aromatic carbocycles. The van der Waals surface area contributed by atoms with Crippen LogP contribution in [0.15, 0.2) is 114 Å². The number of ether oxygens (including phenoxy) is 1. The van der Waals surface area contributed by atoms with Gasteiger partial charge in [0, 0.05) is 31.1 Å². The second-order valence-corrected chi connectivity index (χ2v) is 12.8. The van der Waals surface area contributed by atoms with Crippen molar-refractivity contribution in [1.82, 2.24) is 10.2 Å². The average Bonchev–Trinajstić information content (AvgIpc) is 3.05. The number of sulfonamides is 1. The molecule has 4 aromatic rings. The minimum atomic E-state index is -4.26. The molecule has 45 heavy (non-hydrogen) atoms. The number of halogens is 1. The predicted octanol–water partition coefficient (Wildman–Crippen LogP) is 5.44. The summed E-state index contributed by atoms with van der Waals surface area (Å²) in [5.74, 6) is -1.11. The van der Waals surface area contributed by atoms with E-state index in [-0.39, 0.29) is 35.0 Å². The van der Waals surface area contributed by atoms with Crippen molar-refractivity contribution in [3.8, 4) is 5.75 Å². The van der Waals surface area contributed by atoms with Gasteiger partial charge in [0.1, 0.15) is 24.2 Å². The fourth-order valence-corrected chi connectivity index (χ4v) is 6.23. The molecule has 10 heteroatoms. The lowest BCUT2D eigenvalue weighted by Gasteiger charge is -2.34. The molecule has 0 radical (unpaired) electrons. The second kappa shape index (κ2) is 15.3. The van der Waals surface area contributed by atoms with Crippen LogP contribution < -0.4 is 14.4 Å². The summed E-state index contributed by atoms with van der Waals surface area (Å²) in [6.45, 7) is 3.37. The van der Waals surface area contributed by atoms with Crippen LogP contribution in [0.1, 0.15) is 25.0 Å². The molecular formula is C35H38FN3O5S. The number of benzene rings is 4. The van der Waals surface area contributed by atoms with Gasteiger partial charge in [-0.2, -0.15) is 0 Å². The summed E-state index contributed by atoms with van der Waals surface area (Å²) in [7, 11) is -2.80. The fourth-order valence-electron chi connectivity index (χ4n) is 4.80. The summed E-state index contributed by atoms with van der Waals surface area (Å²) >= 11 is 0. The van der Waals surface area contributed by atoms with Crippen molar-refractivity contribution >= 4 is 27.5 Å². The van der Waals surface area contributed by atoms with Crippen molar-refractivity contribution < 1.29 is 27.1 Å². The third-order valence-corrected chi connectivity index (χ3v) is 8.99. The lowest BCUT2D eigenvalue weighted by Crippen LogP contribution is -2.53. The first kappa shape index (κ1) is 33.2. The van der Waals surface area contributed by atoms with Gasteiger partial charge >= 0.3 is 0 Å². The van der Waals surface area contributed by atoms with E-state index in [4.69, 9.17) is 4.74 Å². The Kier molecular flexibility index (Phi) is 11.3. The van der Waals surface area contributed by atoms with Crippen LogP contribution in [0.25, 0.3) is 0 Å². The van der Waals surface area contributed by atoms with E-state index in [1.165, 1.54) is 36.3 Å². The summed E-state index contributed by atoms with van der Waals surface area (Å²) in [6, 6.07) is 28.3. The van der Waals surface area contributed by atoms with Crippen LogP contribution in [0.2, 0.25) is 0 Å². The smallest absolute Gasteiger partial charge is 0.264 e. The summed E-state index contributed by atoms with van der Waals surface area (Å²) < 4.78 is 49.5. The Hall–Kier alpha value is -4.70. The summed E-state index contributed by atoms with van der Waals surface area (Å²) in [5.41, 5.74) is 1.18.